The lowest BCUT2D eigenvalue weighted by Crippen LogP contribution is -1.87. The predicted octanol–water partition coefficient (Wildman–Crippen LogP) is 2.01. The lowest BCUT2D eigenvalue weighted by atomic mass is 10.2. The summed E-state index contributed by atoms with van der Waals surface area (Å²) in [6, 6.07) is 3.74. The van der Waals surface area contributed by atoms with Gasteiger partial charge in [0.15, 0.2) is 5.51 Å². The van der Waals surface area contributed by atoms with Crippen LogP contribution in [-0.4, -0.2) is 17.1 Å². The van der Waals surface area contributed by atoms with Crippen molar-refractivity contribution in [1.29, 1.82) is 0 Å². The van der Waals surface area contributed by atoms with Crippen LogP contribution in [0.4, 0.5) is 0 Å². The maximum atomic E-state index is 5.01. The summed E-state index contributed by atoms with van der Waals surface area (Å²) in [4.78, 5) is 8.08. The molecule has 0 aliphatic heterocycles. The first-order chi connectivity index (χ1) is 6.40. The molecule has 0 saturated heterocycles. The van der Waals surface area contributed by atoms with Crippen LogP contribution in [0.25, 0.3) is 11.3 Å². The molecule has 0 spiro atoms. The summed E-state index contributed by atoms with van der Waals surface area (Å²) in [6.07, 6.45) is 1.70. The zero-order valence-electron chi connectivity index (χ0n) is 7.02. The Kier molecular flexibility index (Phi) is 2.23. The quantitative estimate of drug-likeness (QED) is 0.728. The summed E-state index contributed by atoms with van der Waals surface area (Å²) in [6.45, 7) is 0. The zero-order chi connectivity index (χ0) is 9.10. The molecule has 0 amide bonds. The first-order valence-electron chi connectivity index (χ1n) is 3.72. The van der Waals surface area contributed by atoms with Gasteiger partial charge in [-0.3, -0.25) is 0 Å². The van der Waals surface area contributed by atoms with Gasteiger partial charge in [-0.25, -0.2) is 9.97 Å². The van der Waals surface area contributed by atoms with E-state index in [4.69, 9.17) is 4.74 Å². The Morgan fingerprint density at radius 3 is 3.15 bits per heavy atom. The molecule has 1 radical (unpaired) electrons. The van der Waals surface area contributed by atoms with E-state index in [0.29, 0.717) is 5.88 Å². The Balaban J connectivity index is 2.41. The van der Waals surface area contributed by atoms with Crippen molar-refractivity contribution in [2.24, 2.45) is 0 Å². The molecule has 65 valence electrons. The van der Waals surface area contributed by atoms with Crippen LogP contribution in [-0.2, 0) is 0 Å². The summed E-state index contributed by atoms with van der Waals surface area (Å²) in [5.41, 5.74) is 4.71. The second kappa shape index (κ2) is 3.53. The van der Waals surface area contributed by atoms with E-state index in [-0.39, 0.29) is 0 Å². The molecule has 2 aromatic heterocycles. The Morgan fingerprint density at radius 1 is 1.54 bits per heavy atom. The van der Waals surface area contributed by atoms with Crippen molar-refractivity contribution in [2.75, 3.05) is 7.11 Å². The fourth-order valence-corrected chi connectivity index (χ4v) is 1.50. The zero-order valence-corrected chi connectivity index (χ0v) is 7.84. The molecular formula is C9H7N2OS. The summed E-state index contributed by atoms with van der Waals surface area (Å²) in [5.74, 6) is 0.602. The average Bonchev–Trinajstić information content (AvgIpc) is 2.71. The average molecular weight is 191 g/mol. The number of rotatable bonds is 2. The first kappa shape index (κ1) is 8.19. The number of nitrogens with zero attached hydrogens (tertiary/aromatic N) is 2. The third kappa shape index (κ3) is 1.67. The molecule has 0 atom stereocenters. The van der Waals surface area contributed by atoms with Gasteiger partial charge >= 0.3 is 0 Å². The normalized spacial score (nSPS) is 9.92. The van der Waals surface area contributed by atoms with E-state index in [1.54, 1.807) is 13.3 Å². The van der Waals surface area contributed by atoms with Gasteiger partial charge in [0.25, 0.3) is 0 Å². The molecule has 2 rings (SSSR count). The molecule has 0 bridgehead atoms. The molecule has 0 aliphatic rings. The van der Waals surface area contributed by atoms with Gasteiger partial charge in [-0.2, -0.15) is 0 Å². The van der Waals surface area contributed by atoms with Crippen LogP contribution in [0.15, 0.2) is 23.7 Å². The summed E-state index contributed by atoms with van der Waals surface area (Å²) >= 11 is 1.45. The molecule has 0 N–H and O–H groups in total. The Hall–Kier alpha value is -1.42. The number of aromatic nitrogens is 2. The van der Waals surface area contributed by atoms with Crippen molar-refractivity contribution in [3.05, 3.63) is 29.2 Å². The van der Waals surface area contributed by atoms with Crippen LogP contribution < -0.4 is 4.74 Å². The minimum atomic E-state index is 0.602. The standard InChI is InChI=1S/C9H7N2OS/c1-12-9-4-7(2-3-10-9)8-5-13-6-11-8/h2-5H,1H3. The van der Waals surface area contributed by atoms with Crippen LogP contribution in [0.2, 0.25) is 0 Å². The van der Waals surface area contributed by atoms with E-state index in [1.165, 1.54) is 11.3 Å². The topological polar surface area (TPSA) is 35.0 Å². The highest BCUT2D eigenvalue weighted by molar-refractivity contribution is 7.07. The Labute approximate surface area is 80.0 Å². The highest BCUT2D eigenvalue weighted by Gasteiger charge is 2.01. The Bertz CT molecular complexity index is 386. The van der Waals surface area contributed by atoms with Gasteiger partial charge in [-0.1, -0.05) is 0 Å². The van der Waals surface area contributed by atoms with Crippen molar-refractivity contribution in [2.45, 2.75) is 0 Å². The molecule has 0 aromatic carbocycles. The number of hydrogen-bond acceptors (Lipinski definition) is 4. The summed E-state index contributed by atoms with van der Waals surface area (Å²) < 4.78 is 5.01. The lowest BCUT2D eigenvalue weighted by Gasteiger charge is -1.99. The molecule has 3 nitrogen and oxygen atoms in total. The third-order valence-corrected chi connectivity index (χ3v) is 2.17. The fraction of sp³-hybridized carbons (Fsp3) is 0.111. The molecule has 0 saturated carbocycles. The second-order valence-corrected chi connectivity index (χ2v) is 3.06. The van der Waals surface area contributed by atoms with Gasteiger partial charge in [0.05, 0.1) is 12.8 Å². The molecule has 0 fully saturated rings. The summed E-state index contributed by atoms with van der Waals surface area (Å²) in [5, 5.41) is 1.94. The predicted molar refractivity (Wildman–Crippen MR) is 50.7 cm³/mol. The van der Waals surface area contributed by atoms with E-state index in [0.717, 1.165) is 11.3 Å². The van der Waals surface area contributed by atoms with Gasteiger partial charge in [0.2, 0.25) is 5.88 Å². The van der Waals surface area contributed by atoms with Gasteiger partial charge in [0.1, 0.15) is 0 Å². The number of pyridine rings is 1. The van der Waals surface area contributed by atoms with Crippen molar-refractivity contribution >= 4 is 11.3 Å². The van der Waals surface area contributed by atoms with Crippen molar-refractivity contribution < 1.29 is 4.74 Å². The highest BCUT2D eigenvalue weighted by Crippen LogP contribution is 2.20. The summed E-state index contributed by atoms with van der Waals surface area (Å²) in [7, 11) is 1.60. The number of methoxy groups -OCH3 is 1. The highest BCUT2D eigenvalue weighted by atomic mass is 32.1. The van der Waals surface area contributed by atoms with E-state index in [9.17, 15) is 0 Å². The SMILES string of the molecule is COc1cc(-c2cs[c]n2)ccn1. The van der Waals surface area contributed by atoms with Crippen molar-refractivity contribution in [3.8, 4) is 17.1 Å². The van der Waals surface area contributed by atoms with Crippen LogP contribution >= 0.6 is 11.3 Å². The molecule has 0 unspecified atom stereocenters. The number of hydrogen-bond donors (Lipinski definition) is 0. The molecule has 0 aliphatic carbocycles. The van der Waals surface area contributed by atoms with Crippen LogP contribution in [0.5, 0.6) is 5.88 Å². The van der Waals surface area contributed by atoms with E-state index in [2.05, 4.69) is 15.5 Å². The first-order valence-corrected chi connectivity index (χ1v) is 4.60. The van der Waals surface area contributed by atoms with E-state index in [1.807, 2.05) is 17.5 Å². The Morgan fingerprint density at radius 2 is 2.46 bits per heavy atom. The number of thiazole rings is 1. The molecule has 2 aromatic rings. The molecule has 13 heavy (non-hydrogen) atoms. The van der Waals surface area contributed by atoms with Crippen LogP contribution in [0, 0.1) is 5.51 Å². The monoisotopic (exact) mass is 191 g/mol. The largest absolute Gasteiger partial charge is 0.481 e. The molecule has 4 heteroatoms. The van der Waals surface area contributed by atoms with Crippen molar-refractivity contribution in [3.63, 3.8) is 0 Å². The minimum Gasteiger partial charge on any atom is -0.481 e. The molecule has 2 heterocycles. The lowest BCUT2D eigenvalue weighted by molar-refractivity contribution is 0.398. The van der Waals surface area contributed by atoms with Crippen molar-refractivity contribution in [1.82, 2.24) is 9.97 Å². The second-order valence-electron chi connectivity index (χ2n) is 2.41. The van der Waals surface area contributed by atoms with Gasteiger partial charge < -0.3 is 4.74 Å². The fourth-order valence-electron chi connectivity index (χ4n) is 0.997. The van der Waals surface area contributed by atoms with E-state index >= 15 is 0 Å². The van der Waals surface area contributed by atoms with Crippen LogP contribution in [0.1, 0.15) is 0 Å². The smallest absolute Gasteiger partial charge is 0.213 e. The maximum Gasteiger partial charge on any atom is 0.213 e. The van der Waals surface area contributed by atoms with Gasteiger partial charge in [-0.15, -0.1) is 11.3 Å². The van der Waals surface area contributed by atoms with Gasteiger partial charge in [0, 0.05) is 23.2 Å². The third-order valence-electron chi connectivity index (χ3n) is 1.63. The van der Waals surface area contributed by atoms with Crippen LogP contribution in [0.3, 0.4) is 0 Å². The maximum absolute atomic E-state index is 5.01. The number of ether oxygens (including phenoxy) is 1. The molecular weight excluding hydrogens is 184 g/mol. The van der Waals surface area contributed by atoms with Gasteiger partial charge in [-0.05, 0) is 6.07 Å². The minimum absolute atomic E-state index is 0.602. The van der Waals surface area contributed by atoms with E-state index < -0.39 is 0 Å².